The Kier molecular flexibility index (Phi) is 6.92. The molecule has 2 aromatic carbocycles. The van der Waals surface area contributed by atoms with Crippen LogP contribution in [-0.2, 0) is 6.42 Å². The van der Waals surface area contributed by atoms with E-state index < -0.39 is 23.3 Å². The van der Waals surface area contributed by atoms with Crippen molar-refractivity contribution in [3.63, 3.8) is 0 Å². The molecule has 0 radical (unpaired) electrons. The van der Waals surface area contributed by atoms with Crippen molar-refractivity contribution in [2.75, 3.05) is 0 Å². The van der Waals surface area contributed by atoms with E-state index in [0.29, 0.717) is 23.5 Å². The highest BCUT2D eigenvalue weighted by atomic mass is 19.2. The summed E-state index contributed by atoms with van der Waals surface area (Å²) >= 11 is 0. The van der Waals surface area contributed by atoms with Crippen molar-refractivity contribution in [3.8, 4) is 11.1 Å². The molecule has 35 heavy (non-hydrogen) atoms. The predicted molar refractivity (Wildman–Crippen MR) is 134 cm³/mol. The lowest BCUT2D eigenvalue weighted by molar-refractivity contribution is 0.279. The molecule has 3 aliphatic rings. The first-order valence-electron chi connectivity index (χ1n) is 13.2. The van der Waals surface area contributed by atoms with E-state index in [4.69, 9.17) is 0 Å². The third kappa shape index (κ3) is 4.73. The molecule has 0 heterocycles. The van der Waals surface area contributed by atoms with Gasteiger partial charge in [0.25, 0.3) is 0 Å². The first-order valence-corrected chi connectivity index (χ1v) is 13.2. The number of rotatable bonds is 5. The third-order valence-electron chi connectivity index (χ3n) is 8.47. The molecule has 3 aliphatic carbocycles. The highest BCUT2D eigenvalue weighted by Gasteiger charge is 2.32. The molecule has 0 amide bonds. The van der Waals surface area contributed by atoms with Gasteiger partial charge >= 0.3 is 0 Å². The van der Waals surface area contributed by atoms with E-state index in [1.807, 2.05) is 6.08 Å². The molecule has 1 unspecified atom stereocenters. The summed E-state index contributed by atoms with van der Waals surface area (Å²) in [5, 5.41) is 0. The zero-order valence-corrected chi connectivity index (χ0v) is 20.7. The minimum Gasteiger partial charge on any atom is -0.203 e. The number of hydrogen-bond acceptors (Lipinski definition) is 0. The second kappa shape index (κ2) is 9.95. The predicted octanol–water partition coefficient (Wildman–Crippen LogP) is 9.47. The minimum absolute atomic E-state index is 0.123. The van der Waals surface area contributed by atoms with E-state index in [1.165, 1.54) is 45.1 Å². The highest BCUT2D eigenvalue weighted by molar-refractivity contribution is 5.81. The first kappa shape index (κ1) is 24.3. The molecular formula is C31H34F4. The van der Waals surface area contributed by atoms with Gasteiger partial charge in [-0.15, -0.1) is 0 Å². The monoisotopic (exact) mass is 482 g/mol. The number of hydrogen-bond donors (Lipinski definition) is 0. The highest BCUT2D eigenvalue weighted by Crippen LogP contribution is 2.45. The molecule has 0 bridgehead atoms. The molecule has 186 valence electrons. The van der Waals surface area contributed by atoms with E-state index in [2.05, 4.69) is 19.1 Å². The van der Waals surface area contributed by atoms with Crippen molar-refractivity contribution in [2.24, 2.45) is 17.8 Å². The molecule has 4 heteroatoms. The molecule has 1 atom stereocenters. The summed E-state index contributed by atoms with van der Waals surface area (Å²) in [6.45, 7) is 3.84. The smallest absolute Gasteiger partial charge is 0.167 e. The Labute approximate surface area is 206 Å². The fourth-order valence-corrected chi connectivity index (χ4v) is 6.27. The summed E-state index contributed by atoms with van der Waals surface area (Å²) in [6.07, 6.45) is 17.1. The molecular weight excluding hydrogens is 448 g/mol. The van der Waals surface area contributed by atoms with E-state index in [9.17, 15) is 8.78 Å². The van der Waals surface area contributed by atoms with Gasteiger partial charge in [-0.2, -0.15) is 0 Å². The fourth-order valence-electron chi connectivity index (χ4n) is 6.27. The SMILES string of the molecule is Cc1cc2c(c(F)c1F)-c1c(cc(C3=CCC(/C=C/CCC4CCC(C)CC4)CC3)c(F)c1F)C2. The maximum atomic E-state index is 15.2. The second-order valence-electron chi connectivity index (χ2n) is 11.0. The lowest BCUT2D eigenvalue weighted by atomic mass is 9.80. The topological polar surface area (TPSA) is 0 Å². The number of benzene rings is 2. The fraction of sp³-hybridized carbons (Fsp3) is 0.484. The second-order valence-corrected chi connectivity index (χ2v) is 11.0. The Bertz CT molecular complexity index is 1180. The Morgan fingerprint density at radius 3 is 2.23 bits per heavy atom. The van der Waals surface area contributed by atoms with Gasteiger partial charge in [-0.1, -0.05) is 56.9 Å². The maximum absolute atomic E-state index is 15.2. The Morgan fingerprint density at radius 2 is 1.54 bits per heavy atom. The number of fused-ring (bicyclic) bond motifs is 3. The van der Waals surface area contributed by atoms with E-state index in [-0.39, 0.29) is 28.7 Å². The summed E-state index contributed by atoms with van der Waals surface area (Å²) < 4.78 is 59.1. The van der Waals surface area contributed by atoms with Crippen LogP contribution in [-0.4, -0.2) is 0 Å². The summed E-state index contributed by atoms with van der Waals surface area (Å²) in [7, 11) is 0. The average Bonchev–Trinajstić information content (AvgIpc) is 3.22. The normalized spacial score (nSPS) is 23.9. The third-order valence-corrected chi connectivity index (χ3v) is 8.47. The summed E-state index contributed by atoms with van der Waals surface area (Å²) in [5.41, 5.74) is 2.04. The van der Waals surface area contributed by atoms with Gasteiger partial charge in [-0.3, -0.25) is 0 Å². The molecule has 5 rings (SSSR count). The molecule has 0 spiro atoms. The summed E-state index contributed by atoms with van der Waals surface area (Å²) in [6, 6.07) is 3.18. The van der Waals surface area contributed by atoms with Crippen LogP contribution < -0.4 is 0 Å². The first-order chi connectivity index (χ1) is 16.8. The van der Waals surface area contributed by atoms with Crippen LogP contribution in [0, 0.1) is 47.9 Å². The van der Waals surface area contributed by atoms with Crippen molar-refractivity contribution in [2.45, 2.75) is 78.1 Å². The lowest BCUT2D eigenvalue weighted by Crippen LogP contribution is -2.11. The maximum Gasteiger partial charge on any atom is 0.167 e. The lowest BCUT2D eigenvalue weighted by Gasteiger charge is -2.25. The number of allylic oxidation sites excluding steroid dienone is 4. The van der Waals surface area contributed by atoms with Crippen molar-refractivity contribution >= 4 is 5.57 Å². The van der Waals surface area contributed by atoms with Gasteiger partial charge in [0.1, 0.15) is 0 Å². The van der Waals surface area contributed by atoms with Gasteiger partial charge in [0.05, 0.1) is 0 Å². The molecule has 2 aromatic rings. The Hall–Kier alpha value is -2.36. The van der Waals surface area contributed by atoms with Crippen LogP contribution in [0.3, 0.4) is 0 Å². The molecule has 0 saturated heterocycles. The largest absolute Gasteiger partial charge is 0.203 e. The van der Waals surface area contributed by atoms with E-state index in [1.54, 1.807) is 6.07 Å². The van der Waals surface area contributed by atoms with Crippen LogP contribution in [0.25, 0.3) is 16.7 Å². The van der Waals surface area contributed by atoms with Crippen LogP contribution in [0.15, 0.2) is 30.4 Å². The Morgan fingerprint density at radius 1 is 0.857 bits per heavy atom. The Balaban J connectivity index is 1.27. The molecule has 0 aliphatic heterocycles. The zero-order valence-electron chi connectivity index (χ0n) is 20.7. The van der Waals surface area contributed by atoms with Crippen molar-refractivity contribution in [1.29, 1.82) is 0 Å². The molecule has 0 nitrogen and oxygen atoms in total. The van der Waals surface area contributed by atoms with Crippen molar-refractivity contribution in [3.05, 3.63) is 75.9 Å². The molecule has 1 fully saturated rings. The van der Waals surface area contributed by atoms with Crippen LogP contribution >= 0.6 is 0 Å². The minimum atomic E-state index is -1.09. The number of halogens is 4. The number of aryl methyl sites for hydroxylation is 1. The van der Waals surface area contributed by atoms with Crippen LogP contribution in [0.4, 0.5) is 17.6 Å². The summed E-state index contributed by atoms with van der Waals surface area (Å²) in [4.78, 5) is 0. The van der Waals surface area contributed by atoms with Crippen LogP contribution in [0.1, 0.15) is 87.0 Å². The molecule has 1 saturated carbocycles. The van der Waals surface area contributed by atoms with Crippen molar-refractivity contribution < 1.29 is 17.6 Å². The van der Waals surface area contributed by atoms with Gasteiger partial charge in [0.15, 0.2) is 23.3 Å². The van der Waals surface area contributed by atoms with Gasteiger partial charge in [0, 0.05) is 16.7 Å². The molecule has 0 N–H and O–H groups in total. The summed E-state index contributed by atoms with van der Waals surface area (Å²) in [5.74, 6) is -1.93. The molecule has 0 aromatic heterocycles. The average molecular weight is 483 g/mol. The van der Waals surface area contributed by atoms with E-state index in [0.717, 1.165) is 36.7 Å². The van der Waals surface area contributed by atoms with Crippen molar-refractivity contribution in [1.82, 2.24) is 0 Å². The van der Waals surface area contributed by atoms with Crippen LogP contribution in [0.5, 0.6) is 0 Å². The van der Waals surface area contributed by atoms with Gasteiger partial charge in [-0.05, 0) is 91.5 Å². The van der Waals surface area contributed by atoms with Gasteiger partial charge in [-0.25, -0.2) is 17.6 Å². The standard InChI is InChI=1S/C31H34F4/c1-18-7-9-20(10-8-18)5-3-4-6-21-11-13-22(14-12-21)25-17-24-16-23-15-19(2)28(32)30(34)26(23)27(24)31(35)29(25)33/h4,6,13,15,17-18,20-21H,3,5,7-12,14,16H2,1-2H3/b6-4+. The van der Waals surface area contributed by atoms with E-state index >= 15 is 8.78 Å². The van der Waals surface area contributed by atoms with Crippen LogP contribution in [0.2, 0.25) is 0 Å². The van der Waals surface area contributed by atoms with Gasteiger partial charge in [0.2, 0.25) is 0 Å². The van der Waals surface area contributed by atoms with Gasteiger partial charge < -0.3 is 0 Å². The quantitative estimate of drug-likeness (QED) is 0.251. The zero-order chi connectivity index (χ0) is 24.7.